The number of hydrogen-bond acceptors (Lipinski definition) is 4. The molecule has 0 bridgehead atoms. The van der Waals surface area contributed by atoms with Crippen LogP contribution in [0.4, 0.5) is 0 Å². The van der Waals surface area contributed by atoms with Crippen LogP contribution in [0.5, 0.6) is 0 Å². The minimum Gasteiger partial charge on any atom is -0.343 e. The molecule has 2 aromatic rings. The molecular formula is C13H12N4S. The van der Waals surface area contributed by atoms with Crippen LogP contribution in [0.15, 0.2) is 24.5 Å². The van der Waals surface area contributed by atoms with E-state index in [1.165, 1.54) is 6.20 Å². The standard InChI is InChI=1S/C13H12N4S/c1-2-3-12-16-11(5-13(18)17-12)10-4-9(6-14)7-15-8-10/h4-5,7-8H,2-3H2,1H3,(H,16,17,18). The van der Waals surface area contributed by atoms with Gasteiger partial charge in [0.25, 0.3) is 0 Å². The van der Waals surface area contributed by atoms with Crippen molar-refractivity contribution in [3.8, 4) is 17.3 Å². The molecule has 90 valence electrons. The first-order valence-corrected chi connectivity index (χ1v) is 6.09. The number of aromatic amines is 1. The molecule has 0 unspecified atom stereocenters. The summed E-state index contributed by atoms with van der Waals surface area (Å²) in [4.78, 5) is 11.5. The summed E-state index contributed by atoms with van der Waals surface area (Å²) in [7, 11) is 0. The molecule has 0 aliphatic heterocycles. The predicted octanol–water partition coefficient (Wildman–Crippen LogP) is 3.03. The SMILES string of the molecule is CCCc1nc(=S)cc(-c2cncc(C#N)c2)[nH]1. The molecule has 18 heavy (non-hydrogen) atoms. The topological polar surface area (TPSA) is 65.4 Å². The van der Waals surface area contributed by atoms with Gasteiger partial charge in [0.1, 0.15) is 16.5 Å². The molecule has 0 fully saturated rings. The van der Waals surface area contributed by atoms with Gasteiger partial charge in [-0.25, -0.2) is 4.98 Å². The van der Waals surface area contributed by atoms with E-state index in [1.54, 1.807) is 18.3 Å². The van der Waals surface area contributed by atoms with Gasteiger partial charge < -0.3 is 4.98 Å². The highest BCUT2D eigenvalue weighted by molar-refractivity contribution is 7.71. The lowest BCUT2D eigenvalue weighted by Gasteiger charge is -2.05. The van der Waals surface area contributed by atoms with Crippen molar-refractivity contribution in [2.45, 2.75) is 19.8 Å². The highest BCUT2D eigenvalue weighted by Gasteiger charge is 2.03. The Bertz CT molecular complexity index is 655. The van der Waals surface area contributed by atoms with Gasteiger partial charge in [-0.2, -0.15) is 5.26 Å². The summed E-state index contributed by atoms with van der Waals surface area (Å²) in [6.07, 6.45) is 5.09. The number of aromatic nitrogens is 3. The third kappa shape index (κ3) is 2.79. The van der Waals surface area contributed by atoms with Gasteiger partial charge in [-0.1, -0.05) is 19.1 Å². The summed E-state index contributed by atoms with van der Waals surface area (Å²) in [6.45, 7) is 2.09. The van der Waals surface area contributed by atoms with E-state index in [4.69, 9.17) is 17.5 Å². The average molecular weight is 256 g/mol. The molecule has 2 heterocycles. The number of H-pyrrole nitrogens is 1. The van der Waals surface area contributed by atoms with Crippen molar-refractivity contribution in [2.24, 2.45) is 0 Å². The quantitative estimate of drug-likeness (QED) is 0.857. The molecular weight excluding hydrogens is 244 g/mol. The summed E-state index contributed by atoms with van der Waals surface area (Å²) >= 11 is 5.15. The molecule has 2 aromatic heterocycles. The predicted molar refractivity (Wildman–Crippen MR) is 71.4 cm³/mol. The van der Waals surface area contributed by atoms with Crippen molar-refractivity contribution >= 4 is 12.2 Å². The molecule has 0 aromatic carbocycles. The lowest BCUT2D eigenvalue weighted by Crippen LogP contribution is -1.97. The summed E-state index contributed by atoms with van der Waals surface area (Å²) in [6, 6.07) is 5.64. The zero-order chi connectivity index (χ0) is 13.0. The molecule has 1 N–H and O–H groups in total. The van der Waals surface area contributed by atoms with Crippen LogP contribution in [0.1, 0.15) is 24.7 Å². The van der Waals surface area contributed by atoms with Crippen LogP contribution in [-0.2, 0) is 6.42 Å². The average Bonchev–Trinajstić information content (AvgIpc) is 2.38. The first-order chi connectivity index (χ1) is 8.72. The summed E-state index contributed by atoms with van der Waals surface area (Å²) in [5.41, 5.74) is 2.23. The normalized spacial score (nSPS) is 10.0. The molecule has 0 amide bonds. The maximum Gasteiger partial charge on any atom is 0.130 e. The molecule has 0 aliphatic rings. The van der Waals surface area contributed by atoms with Crippen molar-refractivity contribution in [3.05, 3.63) is 40.6 Å². The van der Waals surface area contributed by atoms with Gasteiger partial charge in [0.2, 0.25) is 0 Å². The Balaban J connectivity index is 2.50. The first kappa shape index (κ1) is 12.4. The van der Waals surface area contributed by atoms with Gasteiger partial charge in [-0.05, 0) is 18.6 Å². The lowest BCUT2D eigenvalue weighted by atomic mass is 10.1. The zero-order valence-corrected chi connectivity index (χ0v) is 10.8. The van der Waals surface area contributed by atoms with E-state index in [2.05, 4.69) is 27.9 Å². The number of nitriles is 1. The van der Waals surface area contributed by atoms with E-state index in [-0.39, 0.29) is 0 Å². The maximum absolute atomic E-state index is 8.87. The molecule has 0 saturated heterocycles. The van der Waals surface area contributed by atoms with Crippen LogP contribution >= 0.6 is 12.2 Å². The first-order valence-electron chi connectivity index (χ1n) is 5.68. The van der Waals surface area contributed by atoms with Crippen molar-refractivity contribution in [1.82, 2.24) is 15.0 Å². The fourth-order valence-corrected chi connectivity index (χ4v) is 1.90. The van der Waals surface area contributed by atoms with E-state index in [9.17, 15) is 0 Å². The highest BCUT2D eigenvalue weighted by Crippen LogP contribution is 2.17. The van der Waals surface area contributed by atoms with Gasteiger partial charge in [0, 0.05) is 24.4 Å². The third-order valence-electron chi connectivity index (χ3n) is 2.46. The van der Waals surface area contributed by atoms with Crippen LogP contribution in [0.3, 0.4) is 0 Å². The molecule has 4 nitrogen and oxygen atoms in total. The van der Waals surface area contributed by atoms with Crippen LogP contribution in [0, 0.1) is 16.0 Å². The minimum absolute atomic E-state index is 0.528. The Hall–Kier alpha value is -2.06. The molecule has 0 radical (unpaired) electrons. The van der Waals surface area contributed by atoms with Gasteiger partial charge in [-0.3, -0.25) is 4.98 Å². The fourth-order valence-electron chi connectivity index (χ4n) is 1.67. The number of pyridine rings is 1. The molecule has 5 heteroatoms. The highest BCUT2D eigenvalue weighted by atomic mass is 32.1. The van der Waals surface area contributed by atoms with Crippen LogP contribution in [0.25, 0.3) is 11.3 Å². The molecule has 0 saturated carbocycles. The van der Waals surface area contributed by atoms with Crippen LogP contribution < -0.4 is 0 Å². The number of hydrogen-bond donors (Lipinski definition) is 1. The largest absolute Gasteiger partial charge is 0.343 e. The molecule has 0 aliphatic carbocycles. The summed E-state index contributed by atoms with van der Waals surface area (Å²) in [5.74, 6) is 0.863. The zero-order valence-electron chi connectivity index (χ0n) is 9.97. The number of nitrogens with zero attached hydrogens (tertiary/aromatic N) is 3. The Morgan fingerprint density at radius 3 is 2.94 bits per heavy atom. The minimum atomic E-state index is 0.528. The van der Waals surface area contributed by atoms with Crippen molar-refractivity contribution in [2.75, 3.05) is 0 Å². The summed E-state index contributed by atoms with van der Waals surface area (Å²) < 4.78 is 0.551. The Kier molecular flexibility index (Phi) is 3.80. The maximum atomic E-state index is 8.87. The third-order valence-corrected chi connectivity index (χ3v) is 2.67. The van der Waals surface area contributed by atoms with Crippen molar-refractivity contribution in [3.63, 3.8) is 0 Å². The molecule has 2 rings (SSSR count). The Morgan fingerprint density at radius 1 is 1.39 bits per heavy atom. The van der Waals surface area contributed by atoms with Gasteiger partial charge in [0.15, 0.2) is 0 Å². The second-order valence-corrected chi connectivity index (χ2v) is 4.32. The lowest BCUT2D eigenvalue weighted by molar-refractivity contribution is 0.833. The smallest absolute Gasteiger partial charge is 0.130 e. The van der Waals surface area contributed by atoms with Gasteiger partial charge >= 0.3 is 0 Å². The summed E-state index contributed by atoms with van der Waals surface area (Å²) in [5, 5.41) is 8.87. The Labute approximate surface area is 110 Å². The number of rotatable bonds is 3. The van der Waals surface area contributed by atoms with Crippen molar-refractivity contribution in [1.29, 1.82) is 5.26 Å². The van der Waals surface area contributed by atoms with E-state index in [0.717, 1.165) is 29.9 Å². The van der Waals surface area contributed by atoms with E-state index in [1.807, 2.05) is 0 Å². The van der Waals surface area contributed by atoms with Gasteiger partial charge in [-0.15, -0.1) is 0 Å². The molecule has 0 spiro atoms. The van der Waals surface area contributed by atoms with Crippen LogP contribution in [-0.4, -0.2) is 15.0 Å². The van der Waals surface area contributed by atoms with Crippen LogP contribution in [0.2, 0.25) is 0 Å². The monoisotopic (exact) mass is 256 g/mol. The van der Waals surface area contributed by atoms with E-state index in [0.29, 0.717) is 10.2 Å². The van der Waals surface area contributed by atoms with E-state index < -0.39 is 0 Å². The second-order valence-electron chi connectivity index (χ2n) is 3.90. The number of nitrogens with one attached hydrogen (secondary N) is 1. The Morgan fingerprint density at radius 2 is 2.22 bits per heavy atom. The second kappa shape index (κ2) is 5.52. The number of aryl methyl sites for hydroxylation is 1. The van der Waals surface area contributed by atoms with E-state index >= 15 is 0 Å². The van der Waals surface area contributed by atoms with Gasteiger partial charge in [0.05, 0.1) is 11.3 Å². The molecule has 0 atom stereocenters. The fraction of sp³-hybridized carbons (Fsp3) is 0.231. The van der Waals surface area contributed by atoms with Crippen molar-refractivity contribution < 1.29 is 0 Å².